The summed E-state index contributed by atoms with van der Waals surface area (Å²) in [7, 11) is 0. The maximum Gasteiger partial charge on any atom is 0.135 e. The van der Waals surface area contributed by atoms with Crippen LogP contribution in [0.25, 0.3) is 16.8 Å². The van der Waals surface area contributed by atoms with Crippen molar-refractivity contribution in [1.29, 1.82) is 0 Å². The van der Waals surface area contributed by atoms with Gasteiger partial charge in [-0.15, -0.1) is 0 Å². The van der Waals surface area contributed by atoms with E-state index in [0.717, 1.165) is 5.75 Å². The first-order chi connectivity index (χ1) is 12.7. The Labute approximate surface area is 157 Å². The zero-order valence-electron chi connectivity index (χ0n) is 16.1. The molecule has 136 valence electrons. The summed E-state index contributed by atoms with van der Waals surface area (Å²) in [6.45, 7) is 4.59. The summed E-state index contributed by atoms with van der Waals surface area (Å²) in [5.41, 5.74) is 2.69. The largest absolute Gasteiger partial charge is 0.481 e. The number of ether oxygens (including phenoxy) is 1. The van der Waals surface area contributed by atoms with E-state index in [1.54, 1.807) is 0 Å². The minimum Gasteiger partial charge on any atom is -0.481 e. The van der Waals surface area contributed by atoms with Crippen LogP contribution in [0.2, 0.25) is 0 Å². The van der Waals surface area contributed by atoms with Crippen LogP contribution in [0.1, 0.15) is 75.8 Å². The molecular formula is C25H30O. The highest BCUT2D eigenvalue weighted by atomic mass is 16.5. The molecule has 2 saturated carbocycles. The van der Waals surface area contributed by atoms with Gasteiger partial charge in [-0.2, -0.15) is 0 Å². The van der Waals surface area contributed by atoms with Gasteiger partial charge in [0.15, 0.2) is 0 Å². The second-order valence-corrected chi connectivity index (χ2v) is 8.98. The molecule has 2 aliphatic carbocycles. The van der Waals surface area contributed by atoms with Gasteiger partial charge in [-0.1, -0.05) is 69.5 Å². The van der Waals surface area contributed by atoms with Crippen molar-refractivity contribution >= 4 is 16.8 Å². The van der Waals surface area contributed by atoms with Gasteiger partial charge >= 0.3 is 0 Å². The topological polar surface area (TPSA) is 9.23 Å². The molecule has 26 heavy (non-hydrogen) atoms. The van der Waals surface area contributed by atoms with E-state index < -0.39 is 0 Å². The Bertz CT molecular complexity index is 846. The van der Waals surface area contributed by atoms with Crippen molar-refractivity contribution < 1.29 is 4.74 Å². The van der Waals surface area contributed by atoms with Gasteiger partial charge in [0.25, 0.3) is 0 Å². The van der Waals surface area contributed by atoms with Crippen LogP contribution in [0.4, 0.5) is 0 Å². The lowest BCUT2D eigenvalue weighted by Gasteiger charge is -2.49. The Morgan fingerprint density at radius 3 is 2.38 bits per heavy atom. The zero-order chi connectivity index (χ0) is 17.7. The van der Waals surface area contributed by atoms with Crippen molar-refractivity contribution in [3.05, 3.63) is 47.5 Å². The summed E-state index contributed by atoms with van der Waals surface area (Å²) in [6.07, 6.45) is 14.4. The molecule has 3 aliphatic rings. The Balaban J connectivity index is 1.72. The summed E-state index contributed by atoms with van der Waals surface area (Å²) >= 11 is 0. The predicted octanol–water partition coefficient (Wildman–Crippen LogP) is 7.10. The number of rotatable bonds is 1. The van der Waals surface area contributed by atoms with Crippen molar-refractivity contribution in [3.8, 4) is 5.75 Å². The molecule has 0 amide bonds. The molecule has 1 spiro atoms. The Kier molecular flexibility index (Phi) is 3.88. The molecule has 2 aromatic carbocycles. The molecule has 1 heteroatoms. The van der Waals surface area contributed by atoms with Gasteiger partial charge in [-0.05, 0) is 48.6 Å². The van der Waals surface area contributed by atoms with Crippen LogP contribution in [0.15, 0.2) is 36.4 Å². The molecule has 1 heterocycles. The fourth-order valence-electron chi connectivity index (χ4n) is 5.89. The van der Waals surface area contributed by atoms with Crippen LogP contribution < -0.4 is 4.74 Å². The fourth-order valence-corrected chi connectivity index (χ4v) is 5.89. The van der Waals surface area contributed by atoms with Crippen molar-refractivity contribution in [2.24, 2.45) is 11.8 Å². The summed E-state index contributed by atoms with van der Waals surface area (Å²) in [5, 5.41) is 2.61. The van der Waals surface area contributed by atoms with Gasteiger partial charge < -0.3 is 4.74 Å². The minimum absolute atomic E-state index is 0.0554. The average molecular weight is 347 g/mol. The van der Waals surface area contributed by atoms with Crippen LogP contribution in [0.3, 0.4) is 0 Å². The van der Waals surface area contributed by atoms with Crippen LogP contribution in [0, 0.1) is 11.8 Å². The summed E-state index contributed by atoms with van der Waals surface area (Å²) in [5.74, 6) is 3.04. The van der Waals surface area contributed by atoms with Crippen molar-refractivity contribution in [1.82, 2.24) is 0 Å². The van der Waals surface area contributed by atoms with E-state index in [4.69, 9.17) is 4.74 Å². The van der Waals surface area contributed by atoms with E-state index in [0.29, 0.717) is 17.8 Å². The van der Waals surface area contributed by atoms with Crippen LogP contribution >= 0.6 is 0 Å². The smallest absolute Gasteiger partial charge is 0.135 e. The maximum absolute atomic E-state index is 7.12. The maximum atomic E-state index is 7.12. The van der Waals surface area contributed by atoms with Crippen LogP contribution in [0.5, 0.6) is 5.75 Å². The van der Waals surface area contributed by atoms with Gasteiger partial charge in [-0.3, -0.25) is 0 Å². The Morgan fingerprint density at radius 1 is 0.962 bits per heavy atom. The third-order valence-corrected chi connectivity index (χ3v) is 7.22. The first kappa shape index (κ1) is 16.4. The molecule has 1 nitrogen and oxygen atoms in total. The van der Waals surface area contributed by atoms with E-state index in [1.165, 1.54) is 66.8 Å². The highest BCUT2D eigenvalue weighted by Crippen LogP contribution is 2.53. The molecule has 0 saturated heterocycles. The Hall–Kier alpha value is -1.76. The van der Waals surface area contributed by atoms with Gasteiger partial charge in [0.2, 0.25) is 0 Å². The zero-order valence-corrected chi connectivity index (χ0v) is 16.1. The average Bonchev–Trinajstić information content (AvgIpc) is 2.74. The monoisotopic (exact) mass is 346 g/mol. The van der Waals surface area contributed by atoms with E-state index in [1.807, 2.05) is 0 Å². The van der Waals surface area contributed by atoms with E-state index in [2.05, 4.69) is 56.3 Å². The predicted molar refractivity (Wildman–Crippen MR) is 110 cm³/mol. The van der Waals surface area contributed by atoms with Gasteiger partial charge in [0.1, 0.15) is 11.4 Å². The molecule has 0 N–H and O–H groups in total. The number of hydrogen-bond donors (Lipinski definition) is 0. The minimum atomic E-state index is -0.0554. The highest BCUT2D eigenvalue weighted by Gasteiger charge is 2.50. The molecule has 1 aliphatic heterocycles. The van der Waals surface area contributed by atoms with E-state index in [9.17, 15) is 0 Å². The third-order valence-electron chi connectivity index (χ3n) is 7.22. The van der Waals surface area contributed by atoms with E-state index >= 15 is 0 Å². The first-order valence-electron chi connectivity index (χ1n) is 10.6. The second-order valence-electron chi connectivity index (χ2n) is 8.98. The Morgan fingerprint density at radius 2 is 1.65 bits per heavy atom. The standard InChI is InChI=1S/C25H30O/c1-17(2)23-16-18-8-3-6-13-21(18)24-22(23)14-15-25(26-24)19-9-4-5-10-20(25)12-7-11-19/h3,6,8,13-17,19-20H,4-5,7,9-12H2,1-2H3. The fraction of sp³-hybridized carbons (Fsp3) is 0.520. The lowest BCUT2D eigenvalue weighted by Crippen LogP contribution is -2.51. The van der Waals surface area contributed by atoms with Gasteiger partial charge in [-0.25, -0.2) is 0 Å². The quantitative estimate of drug-likeness (QED) is 0.535. The molecule has 2 fully saturated rings. The second kappa shape index (κ2) is 6.15. The molecule has 5 rings (SSSR count). The molecule has 2 atom stereocenters. The van der Waals surface area contributed by atoms with Gasteiger partial charge in [0, 0.05) is 22.8 Å². The third kappa shape index (κ3) is 2.36. The number of hydrogen-bond acceptors (Lipinski definition) is 1. The first-order valence-corrected chi connectivity index (χ1v) is 10.6. The molecule has 0 radical (unpaired) electrons. The normalized spacial score (nSPS) is 30.3. The molecule has 0 aromatic heterocycles. The van der Waals surface area contributed by atoms with Crippen molar-refractivity contribution in [2.45, 2.75) is 70.3 Å². The van der Waals surface area contributed by atoms with Crippen molar-refractivity contribution in [3.63, 3.8) is 0 Å². The molecule has 2 aromatic rings. The molecule has 2 unspecified atom stereocenters. The number of benzene rings is 2. The van der Waals surface area contributed by atoms with Crippen LogP contribution in [-0.4, -0.2) is 5.60 Å². The number of fused-ring (bicyclic) bond motifs is 3. The lowest BCUT2D eigenvalue weighted by atomic mass is 9.66. The van der Waals surface area contributed by atoms with Crippen LogP contribution in [-0.2, 0) is 0 Å². The SMILES string of the molecule is CC(C)c1cc2ccccc2c2c1C=CC1(O2)C2CCCCC1CCC2. The molecule has 2 bridgehead atoms. The highest BCUT2D eigenvalue weighted by molar-refractivity contribution is 5.94. The molecular weight excluding hydrogens is 316 g/mol. The summed E-state index contributed by atoms with van der Waals surface area (Å²) < 4.78 is 7.12. The summed E-state index contributed by atoms with van der Waals surface area (Å²) in [6, 6.07) is 11.2. The summed E-state index contributed by atoms with van der Waals surface area (Å²) in [4.78, 5) is 0. The lowest BCUT2D eigenvalue weighted by molar-refractivity contribution is -0.0295. The van der Waals surface area contributed by atoms with Gasteiger partial charge in [0.05, 0.1) is 0 Å². The van der Waals surface area contributed by atoms with Crippen molar-refractivity contribution in [2.75, 3.05) is 0 Å². The van der Waals surface area contributed by atoms with E-state index in [-0.39, 0.29) is 5.60 Å².